The summed E-state index contributed by atoms with van der Waals surface area (Å²) in [5.41, 5.74) is 5.42. The molecule has 1 aromatic carbocycles. The highest BCUT2D eigenvalue weighted by Gasteiger charge is 2.15. The van der Waals surface area contributed by atoms with Crippen molar-refractivity contribution in [2.75, 3.05) is 0 Å². The molecule has 0 amide bonds. The summed E-state index contributed by atoms with van der Waals surface area (Å²) >= 11 is 23.0. The third-order valence-corrected chi connectivity index (χ3v) is 2.96. The highest BCUT2D eigenvalue weighted by Crippen LogP contribution is 2.36. The van der Waals surface area contributed by atoms with Crippen LogP contribution >= 0.6 is 46.4 Å². The van der Waals surface area contributed by atoms with Gasteiger partial charge in [0, 0.05) is 0 Å². The molecule has 2 nitrogen and oxygen atoms in total. The third-order valence-electron chi connectivity index (χ3n) is 1.38. The zero-order chi connectivity index (χ0) is 10.2. The van der Waals surface area contributed by atoms with E-state index in [2.05, 4.69) is 0 Å². The summed E-state index contributed by atoms with van der Waals surface area (Å²) in [4.78, 5) is 0. The van der Waals surface area contributed by atoms with E-state index in [0.29, 0.717) is 0 Å². The van der Waals surface area contributed by atoms with Crippen molar-refractivity contribution < 1.29 is 0 Å². The molecule has 3 N–H and O–H groups in total. The maximum absolute atomic E-state index is 7.20. The summed E-state index contributed by atoms with van der Waals surface area (Å²) in [7, 11) is 0. The first-order valence-electron chi connectivity index (χ1n) is 3.12. The lowest BCUT2D eigenvalue weighted by Crippen LogP contribution is -2.12. The molecule has 0 fully saturated rings. The molecule has 6 heteroatoms. The number of amidine groups is 1. The smallest absolute Gasteiger partial charge is 0.125 e. The zero-order valence-electron chi connectivity index (χ0n) is 6.17. The summed E-state index contributed by atoms with van der Waals surface area (Å²) in [6, 6.07) is 1.40. The van der Waals surface area contributed by atoms with Crippen molar-refractivity contribution >= 4 is 52.2 Å². The molecule has 0 aliphatic carbocycles. The van der Waals surface area contributed by atoms with Crippen molar-refractivity contribution in [1.82, 2.24) is 0 Å². The number of hydrogen-bond donors (Lipinski definition) is 2. The summed E-state index contributed by atoms with van der Waals surface area (Å²) < 4.78 is 0. The van der Waals surface area contributed by atoms with Gasteiger partial charge in [-0.05, 0) is 6.07 Å². The highest BCUT2D eigenvalue weighted by atomic mass is 35.5. The van der Waals surface area contributed by atoms with Crippen LogP contribution in [0.4, 0.5) is 0 Å². The molecule has 1 aromatic rings. The molecule has 0 atom stereocenters. The van der Waals surface area contributed by atoms with Gasteiger partial charge in [0.25, 0.3) is 0 Å². The molecular formula is C7H4Cl4N2. The van der Waals surface area contributed by atoms with E-state index in [1.54, 1.807) is 0 Å². The van der Waals surface area contributed by atoms with Crippen LogP contribution in [0, 0.1) is 5.41 Å². The summed E-state index contributed by atoms with van der Waals surface area (Å²) in [5.74, 6) is -0.264. The second kappa shape index (κ2) is 3.93. The van der Waals surface area contributed by atoms with Gasteiger partial charge < -0.3 is 5.73 Å². The van der Waals surface area contributed by atoms with Crippen molar-refractivity contribution in [3.63, 3.8) is 0 Å². The molecular weight excluding hydrogens is 254 g/mol. The maximum atomic E-state index is 7.20. The lowest BCUT2D eigenvalue weighted by Gasteiger charge is -2.07. The Morgan fingerprint density at radius 3 is 1.77 bits per heavy atom. The summed E-state index contributed by atoms with van der Waals surface area (Å²) in [6.45, 7) is 0. The first-order chi connectivity index (χ1) is 5.95. The van der Waals surface area contributed by atoms with Crippen molar-refractivity contribution in [2.24, 2.45) is 5.73 Å². The van der Waals surface area contributed by atoms with Crippen molar-refractivity contribution in [3.8, 4) is 0 Å². The monoisotopic (exact) mass is 256 g/mol. The predicted molar refractivity (Wildman–Crippen MR) is 57.5 cm³/mol. The molecule has 0 heterocycles. The molecule has 0 saturated heterocycles. The molecule has 0 aromatic heterocycles. The van der Waals surface area contributed by atoms with Crippen molar-refractivity contribution in [2.45, 2.75) is 0 Å². The van der Waals surface area contributed by atoms with Gasteiger partial charge in [-0.15, -0.1) is 0 Å². The second-order valence-corrected chi connectivity index (χ2v) is 3.83. The molecule has 70 valence electrons. The van der Waals surface area contributed by atoms with Gasteiger partial charge in [0.2, 0.25) is 0 Å². The average Bonchev–Trinajstić information content (AvgIpc) is 2.01. The summed E-state index contributed by atoms with van der Waals surface area (Å²) in [6.07, 6.45) is 0. The van der Waals surface area contributed by atoms with E-state index in [1.165, 1.54) is 6.07 Å². The Kier molecular flexibility index (Phi) is 3.30. The van der Waals surface area contributed by atoms with Crippen LogP contribution in [-0.4, -0.2) is 5.84 Å². The molecule has 0 spiro atoms. The van der Waals surface area contributed by atoms with E-state index in [1.807, 2.05) is 0 Å². The SMILES string of the molecule is N=C(N)c1c(Cl)c(Cl)cc(Cl)c1Cl. The zero-order valence-corrected chi connectivity index (χ0v) is 9.19. The van der Waals surface area contributed by atoms with Crippen LogP contribution in [0.5, 0.6) is 0 Å². The minimum atomic E-state index is -0.264. The van der Waals surface area contributed by atoms with E-state index in [9.17, 15) is 0 Å². The number of nitrogens with one attached hydrogen (secondary N) is 1. The number of halogens is 4. The Hall–Kier alpha value is -0.150. The minimum absolute atomic E-state index is 0.142. The largest absolute Gasteiger partial charge is 0.384 e. The van der Waals surface area contributed by atoms with Gasteiger partial charge in [-0.25, -0.2) is 0 Å². The molecule has 0 bridgehead atoms. The van der Waals surface area contributed by atoms with Crippen LogP contribution in [0.15, 0.2) is 6.07 Å². The Labute approximate surface area is 95.0 Å². The van der Waals surface area contributed by atoms with Gasteiger partial charge in [-0.1, -0.05) is 46.4 Å². The van der Waals surface area contributed by atoms with Crippen LogP contribution in [0.1, 0.15) is 5.56 Å². The number of benzene rings is 1. The summed E-state index contributed by atoms with van der Waals surface area (Å²) in [5, 5.41) is 7.93. The van der Waals surface area contributed by atoms with E-state index in [4.69, 9.17) is 57.5 Å². The van der Waals surface area contributed by atoms with Gasteiger partial charge in [0.15, 0.2) is 0 Å². The Morgan fingerprint density at radius 2 is 1.46 bits per heavy atom. The fraction of sp³-hybridized carbons (Fsp3) is 0. The van der Waals surface area contributed by atoms with Gasteiger partial charge >= 0.3 is 0 Å². The van der Waals surface area contributed by atoms with Crippen LogP contribution in [0.2, 0.25) is 20.1 Å². The Bertz CT molecular complexity index is 349. The first-order valence-corrected chi connectivity index (χ1v) is 4.63. The topological polar surface area (TPSA) is 49.9 Å². The quantitative estimate of drug-likeness (QED) is 0.451. The van der Waals surface area contributed by atoms with E-state index >= 15 is 0 Å². The molecule has 1 rings (SSSR count). The number of rotatable bonds is 1. The van der Waals surface area contributed by atoms with Crippen LogP contribution in [0.3, 0.4) is 0 Å². The third kappa shape index (κ3) is 2.02. The standard InChI is InChI=1S/C7H4Cl4N2/c8-2-1-3(9)6(11)4(5(2)10)7(12)13/h1H,(H3,12,13). The fourth-order valence-electron chi connectivity index (χ4n) is 0.810. The van der Waals surface area contributed by atoms with Gasteiger partial charge in [0.05, 0.1) is 25.7 Å². The van der Waals surface area contributed by atoms with Crippen LogP contribution in [-0.2, 0) is 0 Å². The van der Waals surface area contributed by atoms with E-state index in [0.717, 1.165) is 0 Å². The van der Waals surface area contributed by atoms with Gasteiger partial charge in [-0.3, -0.25) is 5.41 Å². The molecule has 0 unspecified atom stereocenters. The molecule has 0 aliphatic heterocycles. The molecule has 0 aliphatic rings. The number of nitrogen functional groups attached to an aromatic ring is 1. The van der Waals surface area contributed by atoms with E-state index in [-0.39, 0.29) is 31.5 Å². The Balaban J connectivity index is 3.56. The number of nitrogens with two attached hydrogens (primary N) is 1. The molecule has 0 saturated carbocycles. The van der Waals surface area contributed by atoms with Gasteiger partial charge in [0.1, 0.15) is 5.84 Å². The lowest BCUT2D eigenvalue weighted by atomic mass is 10.2. The van der Waals surface area contributed by atoms with Crippen molar-refractivity contribution in [3.05, 3.63) is 31.7 Å². The number of hydrogen-bond acceptors (Lipinski definition) is 1. The fourth-order valence-corrected chi connectivity index (χ4v) is 1.82. The lowest BCUT2D eigenvalue weighted by molar-refractivity contribution is 1.42. The van der Waals surface area contributed by atoms with Crippen LogP contribution in [0.25, 0.3) is 0 Å². The predicted octanol–water partition coefficient (Wildman–Crippen LogP) is 3.58. The van der Waals surface area contributed by atoms with Crippen LogP contribution < -0.4 is 5.73 Å². The van der Waals surface area contributed by atoms with Gasteiger partial charge in [-0.2, -0.15) is 0 Å². The normalized spacial score (nSPS) is 10.2. The highest BCUT2D eigenvalue weighted by molar-refractivity contribution is 6.50. The van der Waals surface area contributed by atoms with E-state index < -0.39 is 0 Å². The van der Waals surface area contributed by atoms with Crippen molar-refractivity contribution in [1.29, 1.82) is 5.41 Å². The first kappa shape index (κ1) is 10.9. The molecule has 0 radical (unpaired) electrons. The minimum Gasteiger partial charge on any atom is -0.384 e. The Morgan fingerprint density at radius 1 is 1.08 bits per heavy atom. The average molecular weight is 258 g/mol. The maximum Gasteiger partial charge on any atom is 0.125 e. The second-order valence-electron chi connectivity index (χ2n) is 2.26. The molecule has 13 heavy (non-hydrogen) atoms.